The molecule has 4 nitrogen and oxygen atoms in total. The number of hydrogen-bond donors (Lipinski definition) is 1. The minimum absolute atomic E-state index is 0.104. The number of hydrogen-bond acceptors (Lipinski definition) is 3. The highest BCUT2D eigenvalue weighted by Gasteiger charge is 2.09. The summed E-state index contributed by atoms with van der Waals surface area (Å²) in [5.74, 6) is 0.263. The Morgan fingerprint density at radius 1 is 1.26 bits per heavy atom. The second kappa shape index (κ2) is 5.71. The van der Waals surface area contributed by atoms with E-state index in [0.717, 1.165) is 11.3 Å². The smallest absolute Gasteiger partial charge is 0.151 e. The molecule has 0 aliphatic rings. The Morgan fingerprint density at radius 3 is 2.58 bits per heavy atom. The fraction of sp³-hybridized carbons (Fsp3) is 0.308. The van der Waals surface area contributed by atoms with E-state index < -0.39 is 9.84 Å². The maximum Gasteiger partial charge on any atom is 0.151 e. The van der Waals surface area contributed by atoms with Gasteiger partial charge in [-0.05, 0) is 11.6 Å². The maximum absolute atomic E-state index is 11.5. The Bertz CT molecular complexity index is 700. The van der Waals surface area contributed by atoms with Crippen LogP contribution in [0.15, 0.2) is 36.4 Å². The van der Waals surface area contributed by atoms with Gasteiger partial charge < -0.3 is 0 Å². The van der Waals surface area contributed by atoms with Gasteiger partial charge in [0.1, 0.15) is 4.64 Å². The van der Waals surface area contributed by atoms with Crippen LogP contribution in [-0.4, -0.2) is 29.7 Å². The second-order valence-corrected chi connectivity index (χ2v) is 7.15. The fourth-order valence-electron chi connectivity index (χ4n) is 1.74. The van der Waals surface area contributed by atoms with Gasteiger partial charge in [-0.15, -0.1) is 0 Å². The number of sulfone groups is 1. The predicted molar refractivity (Wildman–Crippen MR) is 79.4 cm³/mol. The van der Waals surface area contributed by atoms with Crippen molar-refractivity contribution < 1.29 is 8.42 Å². The maximum atomic E-state index is 11.5. The number of H-pyrrole nitrogens is 1. The highest BCUT2D eigenvalue weighted by molar-refractivity contribution is 7.91. The van der Waals surface area contributed by atoms with Crippen molar-refractivity contribution in [2.75, 3.05) is 11.5 Å². The van der Waals surface area contributed by atoms with Gasteiger partial charge in [-0.3, -0.25) is 9.78 Å². The molecule has 0 amide bonds. The van der Waals surface area contributed by atoms with Gasteiger partial charge in [-0.25, -0.2) is 8.42 Å². The van der Waals surface area contributed by atoms with Crippen LogP contribution < -0.4 is 0 Å². The molecule has 0 saturated heterocycles. The number of aromatic nitrogens is 2. The Hall–Kier alpha value is -1.40. The van der Waals surface area contributed by atoms with Crippen molar-refractivity contribution in [3.05, 3.63) is 41.0 Å². The first-order valence-electron chi connectivity index (χ1n) is 6.07. The van der Waals surface area contributed by atoms with E-state index in [-0.39, 0.29) is 11.5 Å². The van der Waals surface area contributed by atoms with Gasteiger partial charge in [0.2, 0.25) is 0 Å². The van der Waals surface area contributed by atoms with Crippen molar-refractivity contribution in [1.82, 2.24) is 9.78 Å². The number of benzene rings is 1. The van der Waals surface area contributed by atoms with Crippen molar-refractivity contribution in [3.63, 3.8) is 0 Å². The Morgan fingerprint density at radius 2 is 1.95 bits per heavy atom. The van der Waals surface area contributed by atoms with Crippen LogP contribution in [0, 0.1) is 4.64 Å². The molecule has 0 aliphatic heterocycles. The molecule has 102 valence electrons. The van der Waals surface area contributed by atoms with Crippen LogP contribution in [0.4, 0.5) is 0 Å². The first-order chi connectivity index (χ1) is 9.02. The normalized spacial score (nSPS) is 11.6. The number of nitrogens with one attached hydrogen (secondary N) is 1. The van der Waals surface area contributed by atoms with E-state index in [1.165, 1.54) is 0 Å². The van der Waals surface area contributed by atoms with Crippen LogP contribution in [0.25, 0.3) is 11.3 Å². The summed E-state index contributed by atoms with van der Waals surface area (Å²) < 4.78 is 25.3. The zero-order chi connectivity index (χ0) is 13.9. The zero-order valence-electron chi connectivity index (χ0n) is 10.7. The van der Waals surface area contributed by atoms with Crippen molar-refractivity contribution in [2.45, 2.75) is 13.5 Å². The molecule has 0 fully saturated rings. The van der Waals surface area contributed by atoms with E-state index in [0.29, 0.717) is 11.2 Å². The number of rotatable bonds is 5. The van der Waals surface area contributed by atoms with Crippen LogP contribution in [0.5, 0.6) is 0 Å². The van der Waals surface area contributed by atoms with Gasteiger partial charge in [0.05, 0.1) is 18.0 Å². The third-order valence-electron chi connectivity index (χ3n) is 2.94. The molecule has 0 spiro atoms. The fourth-order valence-corrected chi connectivity index (χ4v) is 2.74. The van der Waals surface area contributed by atoms with Crippen LogP contribution in [0.3, 0.4) is 0 Å². The monoisotopic (exact) mass is 296 g/mol. The Labute approximate surface area is 118 Å². The van der Waals surface area contributed by atoms with Crippen molar-refractivity contribution in [1.29, 1.82) is 0 Å². The summed E-state index contributed by atoms with van der Waals surface area (Å²) in [7, 11) is -2.98. The highest BCUT2D eigenvalue weighted by Crippen LogP contribution is 2.16. The number of aromatic amines is 1. The van der Waals surface area contributed by atoms with Crippen LogP contribution in [-0.2, 0) is 16.4 Å². The Kier molecular flexibility index (Phi) is 4.21. The molecule has 0 radical (unpaired) electrons. The molecule has 0 saturated carbocycles. The van der Waals surface area contributed by atoms with Crippen molar-refractivity contribution in [3.8, 4) is 11.3 Å². The number of aryl methyl sites for hydroxylation is 1. The molecule has 0 bridgehead atoms. The third-order valence-corrected chi connectivity index (χ3v) is 4.96. The minimum atomic E-state index is -2.98. The summed E-state index contributed by atoms with van der Waals surface area (Å²) >= 11 is 5.23. The summed E-state index contributed by atoms with van der Waals surface area (Å²) in [6.45, 7) is 2.01. The average Bonchev–Trinajstić information content (AvgIpc) is 2.79. The zero-order valence-corrected chi connectivity index (χ0v) is 12.3. The van der Waals surface area contributed by atoms with Crippen LogP contribution in [0.1, 0.15) is 6.92 Å². The van der Waals surface area contributed by atoms with Crippen LogP contribution in [0.2, 0.25) is 0 Å². The average molecular weight is 296 g/mol. The molecule has 0 unspecified atom stereocenters. The third kappa shape index (κ3) is 3.54. The van der Waals surface area contributed by atoms with Crippen molar-refractivity contribution >= 4 is 22.1 Å². The lowest BCUT2D eigenvalue weighted by molar-refractivity contribution is 0.580. The van der Waals surface area contributed by atoms with E-state index in [1.54, 1.807) is 11.6 Å². The summed E-state index contributed by atoms with van der Waals surface area (Å²) in [4.78, 5) is 0. The van der Waals surface area contributed by atoms with E-state index in [9.17, 15) is 8.42 Å². The first kappa shape index (κ1) is 14.0. The summed E-state index contributed by atoms with van der Waals surface area (Å²) in [6, 6.07) is 11.7. The predicted octanol–water partition coefficient (Wildman–Crippen LogP) is 2.65. The van der Waals surface area contributed by atoms with E-state index >= 15 is 0 Å². The molecule has 0 atom stereocenters. The van der Waals surface area contributed by atoms with Crippen molar-refractivity contribution in [2.24, 2.45) is 0 Å². The van der Waals surface area contributed by atoms with Gasteiger partial charge in [-0.2, -0.15) is 0 Å². The molecule has 1 heterocycles. The molecular formula is C13H16N2O2S2. The Balaban J connectivity index is 2.21. The van der Waals surface area contributed by atoms with E-state index in [2.05, 4.69) is 5.10 Å². The second-order valence-electron chi connectivity index (χ2n) is 4.26. The lowest BCUT2D eigenvalue weighted by atomic mass is 10.2. The molecule has 2 rings (SSSR count). The standard InChI is InChI=1S/C13H16N2O2S2/c1-2-19(16,17)9-8-15-13(18)10-12(14-15)11-6-4-3-5-7-11/h3-7,10,14H,2,8-9H2,1H3. The highest BCUT2D eigenvalue weighted by atomic mass is 32.2. The summed E-state index contributed by atoms with van der Waals surface area (Å²) in [6.07, 6.45) is 0. The van der Waals surface area contributed by atoms with Gasteiger partial charge in [-0.1, -0.05) is 49.5 Å². The van der Waals surface area contributed by atoms with Gasteiger partial charge >= 0.3 is 0 Å². The lowest BCUT2D eigenvalue weighted by Crippen LogP contribution is -2.15. The molecule has 19 heavy (non-hydrogen) atoms. The molecule has 1 aromatic heterocycles. The molecular weight excluding hydrogens is 280 g/mol. The minimum Gasteiger partial charge on any atom is -0.297 e. The molecule has 6 heteroatoms. The van der Waals surface area contributed by atoms with Crippen LogP contribution >= 0.6 is 12.2 Å². The largest absolute Gasteiger partial charge is 0.297 e. The topological polar surface area (TPSA) is 54.9 Å². The lowest BCUT2D eigenvalue weighted by Gasteiger charge is -2.03. The molecule has 1 aromatic carbocycles. The SMILES string of the molecule is CCS(=O)(=O)CCn1[nH]c(-c2ccccc2)cc1=S. The summed E-state index contributed by atoms with van der Waals surface area (Å²) in [5.41, 5.74) is 1.94. The van der Waals surface area contributed by atoms with E-state index in [1.807, 2.05) is 36.4 Å². The molecule has 1 N–H and O–H groups in total. The van der Waals surface area contributed by atoms with Gasteiger partial charge in [0.15, 0.2) is 9.84 Å². The first-order valence-corrected chi connectivity index (χ1v) is 8.30. The quantitative estimate of drug-likeness (QED) is 0.863. The number of nitrogens with zero attached hydrogens (tertiary/aromatic N) is 1. The van der Waals surface area contributed by atoms with Gasteiger partial charge in [0.25, 0.3) is 0 Å². The molecule has 0 aliphatic carbocycles. The van der Waals surface area contributed by atoms with Gasteiger partial charge in [0, 0.05) is 5.75 Å². The molecule has 2 aromatic rings. The summed E-state index contributed by atoms with van der Waals surface area (Å²) in [5, 5.41) is 3.14. The van der Waals surface area contributed by atoms with E-state index in [4.69, 9.17) is 12.2 Å².